The zero-order valence-electron chi connectivity index (χ0n) is 14.1. The fourth-order valence-electron chi connectivity index (χ4n) is 3.00. The van der Waals surface area contributed by atoms with Crippen molar-refractivity contribution in [3.8, 4) is 27.6 Å². The molecule has 1 aliphatic heterocycles. The third-order valence-electron chi connectivity index (χ3n) is 4.36. The van der Waals surface area contributed by atoms with Crippen molar-refractivity contribution in [2.75, 3.05) is 11.9 Å². The lowest BCUT2D eigenvalue weighted by molar-refractivity contribution is -0.116. The van der Waals surface area contributed by atoms with E-state index in [0.717, 1.165) is 38.8 Å². The minimum absolute atomic E-state index is 0.0545. The number of benzene rings is 2. The van der Waals surface area contributed by atoms with E-state index in [4.69, 9.17) is 9.72 Å². The van der Waals surface area contributed by atoms with Crippen molar-refractivity contribution in [3.05, 3.63) is 53.4 Å². The molecular weight excluding hydrogens is 332 g/mol. The van der Waals surface area contributed by atoms with Crippen LogP contribution in [-0.4, -0.2) is 17.5 Å². The van der Waals surface area contributed by atoms with E-state index >= 15 is 0 Å². The summed E-state index contributed by atoms with van der Waals surface area (Å²) in [6.45, 7) is 4.55. The molecule has 5 heteroatoms. The Morgan fingerprint density at radius 3 is 2.92 bits per heavy atom. The molecule has 1 amide bonds. The molecule has 4 rings (SSSR count). The number of thiazole rings is 1. The number of anilines is 1. The summed E-state index contributed by atoms with van der Waals surface area (Å²) in [4.78, 5) is 16.6. The van der Waals surface area contributed by atoms with Gasteiger partial charge in [0.1, 0.15) is 10.8 Å². The molecule has 0 spiro atoms. The van der Waals surface area contributed by atoms with E-state index in [0.29, 0.717) is 6.61 Å². The SMILES string of the molecule is CCOc1cccc(-c2nc(-c3ccc4c(c3)[C@H](C)C(=O)N4)cs2)c1. The summed E-state index contributed by atoms with van der Waals surface area (Å²) in [5.41, 5.74) is 4.95. The number of ether oxygens (including phenoxy) is 1. The molecule has 4 nitrogen and oxygen atoms in total. The summed E-state index contributed by atoms with van der Waals surface area (Å²) < 4.78 is 5.57. The monoisotopic (exact) mass is 350 g/mol. The Hall–Kier alpha value is -2.66. The second-order valence-corrected chi connectivity index (χ2v) is 6.87. The number of rotatable bonds is 4. The second-order valence-electron chi connectivity index (χ2n) is 6.01. The number of nitrogens with one attached hydrogen (secondary N) is 1. The van der Waals surface area contributed by atoms with Gasteiger partial charge in [0.2, 0.25) is 5.91 Å². The Kier molecular flexibility index (Phi) is 4.01. The van der Waals surface area contributed by atoms with E-state index in [-0.39, 0.29) is 11.8 Å². The van der Waals surface area contributed by atoms with Gasteiger partial charge in [0.25, 0.3) is 0 Å². The maximum Gasteiger partial charge on any atom is 0.231 e. The molecule has 0 fully saturated rings. The van der Waals surface area contributed by atoms with E-state index in [9.17, 15) is 4.79 Å². The first-order valence-electron chi connectivity index (χ1n) is 8.29. The number of amides is 1. The average molecular weight is 350 g/mol. The van der Waals surface area contributed by atoms with Crippen molar-refractivity contribution in [1.29, 1.82) is 0 Å². The number of fused-ring (bicyclic) bond motifs is 1. The van der Waals surface area contributed by atoms with Crippen molar-refractivity contribution in [2.24, 2.45) is 0 Å². The van der Waals surface area contributed by atoms with Gasteiger partial charge in [-0.1, -0.05) is 18.2 Å². The average Bonchev–Trinajstić information content (AvgIpc) is 3.21. The van der Waals surface area contributed by atoms with Crippen molar-refractivity contribution < 1.29 is 9.53 Å². The molecule has 0 unspecified atom stereocenters. The molecule has 1 aliphatic rings. The summed E-state index contributed by atoms with van der Waals surface area (Å²) >= 11 is 1.61. The van der Waals surface area contributed by atoms with Crippen LogP contribution in [0.2, 0.25) is 0 Å². The van der Waals surface area contributed by atoms with Gasteiger partial charge in [-0.15, -0.1) is 11.3 Å². The largest absolute Gasteiger partial charge is 0.494 e. The smallest absolute Gasteiger partial charge is 0.231 e. The van der Waals surface area contributed by atoms with Crippen LogP contribution in [0.25, 0.3) is 21.8 Å². The standard InChI is InChI=1S/C20H18N2O2S/c1-3-24-15-6-4-5-14(9-15)20-22-18(11-25-20)13-7-8-17-16(10-13)12(2)19(23)21-17/h4-12H,3H2,1-2H3,(H,21,23)/t12-/m0/s1. The molecule has 0 saturated heterocycles. The van der Waals surface area contributed by atoms with Crippen LogP contribution >= 0.6 is 11.3 Å². The summed E-state index contributed by atoms with van der Waals surface area (Å²) in [5, 5.41) is 5.92. The molecule has 1 N–H and O–H groups in total. The van der Waals surface area contributed by atoms with Gasteiger partial charge in [0.15, 0.2) is 0 Å². The van der Waals surface area contributed by atoms with Gasteiger partial charge < -0.3 is 10.1 Å². The van der Waals surface area contributed by atoms with Gasteiger partial charge in [0, 0.05) is 22.2 Å². The number of hydrogen-bond donors (Lipinski definition) is 1. The number of hydrogen-bond acceptors (Lipinski definition) is 4. The predicted octanol–water partition coefficient (Wildman–Crippen LogP) is 4.93. The van der Waals surface area contributed by atoms with E-state index < -0.39 is 0 Å². The van der Waals surface area contributed by atoms with Crippen LogP contribution < -0.4 is 10.1 Å². The lowest BCUT2D eigenvalue weighted by Gasteiger charge is -2.05. The molecule has 1 aromatic heterocycles. The lowest BCUT2D eigenvalue weighted by Crippen LogP contribution is -2.08. The van der Waals surface area contributed by atoms with Gasteiger partial charge in [0.05, 0.1) is 18.2 Å². The van der Waals surface area contributed by atoms with Crippen molar-refractivity contribution in [1.82, 2.24) is 4.98 Å². The van der Waals surface area contributed by atoms with Crippen molar-refractivity contribution in [3.63, 3.8) is 0 Å². The highest BCUT2D eigenvalue weighted by Gasteiger charge is 2.26. The number of aromatic nitrogens is 1. The summed E-state index contributed by atoms with van der Waals surface area (Å²) in [6.07, 6.45) is 0. The topological polar surface area (TPSA) is 51.2 Å². The third-order valence-corrected chi connectivity index (χ3v) is 5.25. The van der Waals surface area contributed by atoms with Crippen LogP contribution in [0.5, 0.6) is 5.75 Å². The molecule has 3 aromatic rings. The Morgan fingerprint density at radius 2 is 2.08 bits per heavy atom. The normalized spacial score (nSPS) is 15.8. The van der Waals surface area contributed by atoms with E-state index in [1.807, 2.05) is 50.2 Å². The van der Waals surface area contributed by atoms with Crippen LogP contribution in [0.4, 0.5) is 5.69 Å². The third kappa shape index (κ3) is 2.91. The van der Waals surface area contributed by atoms with Crippen molar-refractivity contribution >= 4 is 22.9 Å². The highest BCUT2D eigenvalue weighted by Crippen LogP contribution is 2.37. The van der Waals surface area contributed by atoms with Crippen LogP contribution in [0, 0.1) is 0 Å². The van der Waals surface area contributed by atoms with Gasteiger partial charge in [-0.3, -0.25) is 4.79 Å². The molecule has 2 heterocycles. The highest BCUT2D eigenvalue weighted by atomic mass is 32.1. The number of carbonyl (C=O) groups is 1. The molecule has 0 saturated carbocycles. The quantitative estimate of drug-likeness (QED) is 0.726. The second kappa shape index (κ2) is 6.33. The van der Waals surface area contributed by atoms with Gasteiger partial charge in [-0.2, -0.15) is 0 Å². The maximum atomic E-state index is 11.8. The molecule has 1 atom stereocenters. The highest BCUT2D eigenvalue weighted by molar-refractivity contribution is 7.13. The number of nitrogens with zero attached hydrogens (tertiary/aromatic N) is 1. The fourth-order valence-corrected chi connectivity index (χ4v) is 3.83. The fraction of sp³-hybridized carbons (Fsp3) is 0.200. The Bertz CT molecular complexity index is 948. The zero-order chi connectivity index (χ0) is 17.4. The predicted molar refractivity (Wildman–Crippen MR) is 101 cm³/mol. The molecule has 0 bridgehead atoms. The van der Waals surface area contributed by atoms with E-state index in [1.54, 1.807) is 11.3 Å². The molecule has 0 aliphatic carbocycles. The molecular formula is C20H18N2O2S. The van der Waals surface area contributed by atoms with Crippen LogP contribution in [0.3, 0.4) is 0 Å². The van der Waals surface area contributed by atoms with Gasteiger partial charge in [-0.25, -0.2) is 4.98 Å². The van der Waals surface area contributed by atoms with Crippen LogP contribution in [0.1, 0.15) is 25.3 Å². The lowest BCUT2D eigenvalue weighted by atomic mass is 9.99. The summed E-state index contributed by atoms with van der Waals surface area (Å²) in [6, 6.07) is 14.0. The molecule has 0 radical (unpaired) electrons. The number of carbonyl (C=O) groups excluding carboxylic acids is 1. The van der Waals surface area contributed by atoms with E-state index in [1.165, 1.54) is 0 Å². The van der Waals surface area contributed by atoms with Crippen molar-refractivity contribution in [2.45, 2.75) is 19.8 Å². The Balaban J connectivity index is 1.66. The molecule has 126 valence electrons. The molecule has 2 aromatic carbocycles. The Labute approximate surface area is 150 Å². The van der Waals surface area contributed by atoms with Gasteiger partial charge >= 0.3 is 0 Å². The van der Waals surface area contributed by atoms with E-state index in [2.05, 4.69) is 16.8 Å². The minimum Gasteiger partial charge on any atom is -0.494 e. The summed E-state index contributed by atoms with van der Waals surface area (Å²) in [5.74, 6) is 0.794. The zero-order valence-corrected chi connectivity index (χ0v) is 14.9. The molecule has 25 heavy (non-hydrogen) atoms. The first kappa shape index (κ1) is 15.8. The Morgan fingerprint density at radius 1 is 1.20 bits per heavy atom. The maximum absolute atomic E-state index is 11.8. The van der Waals surface area contributed by atoms with Crippen LogP contribution in [0.15, 0.2) is 47.8 Å². The minimum atomic E-state index is -0.115. The van der Waals surface area contributed by atoms with Gasteiger partial charge in [-0.05, 0) is 43.7 Å². The first-order valence-corrected chi connectivity index (χ1v) is 9.17. The van der Waals surface area contributed by atoms with Crippen LogP contribution in [-0.2, 0) is 4.79 Å². The summed E-state index contributed by atoms with van der Waals surface area (Å²) in [7, 11) is 0. The first-order chi connectivity index (χ1) is 12.2.